The Morgan fingerprint density at radius 3 is 2.08 bits per heavy atom. The number of carbonyl (C=O) groups is 2. The Hall–Kier alpha value is -4.83. The number of hydrogen-bond acceptors (Lipinski definition) is 8. The number of anilines is 1. The van der Waals surface area contributed by atoms with Gasteiger partial charge in [-0.15, -0.1) is 0 Å². The molecule has 0 aliphatic carbocycles. The van der Waals surface area contributed by atoms with Crippen LogP contribution < -0.4 is 15.6 Å². The van der Waals surface area contributed by atoms with Crippen molar-refractivity contribution in [1.82, 2.24) is 25.3 Å². The van der Waals surface area contributed by atoms with Crippen LogP contribution in [-0.4, -0.2) is 78.9 Å². The van der Waals surface area contributed by atoms with E-state index in [4.69, 9.17) is 21.7 Å². The van der Waals surface area contributed by atoms with Crippen molar-refractivity contribution in [3.8, 4) is 11.1 Å². The number of nitrogens with zero attached hydrogens (tertiary/aromatic N) is 6. The third-order valence-corrected chi connectivity index (χ3v) is 6.19. The van der Waals surface area contributed by atoms with Gasteiger partial charge in [-0.1, -0.05) is 57.5 Å². The zero-order valence-electron chi connectivity index (χ0n) is 30.8. The van der Waals surface area contributed by atoms with Crippen LogP contribution >= 0.6 is 11.6 Å². The fourth-order valence-electron chi connectivity index (χ4n) is 3.89. The van der Waals surface area contributed by atoms with E-state index in [1.807, 2.05) is 14.1 Å². The van der Waals surface area contributed by atoms with Gasteiger partial charge in [0.15, 0.2) is 0 Å². The van der Waals surface area contributed by atoms with Gasteiger partial charge in [-0.2, -0.15) is 27.8 Å². The molecule has 1 aromatic heterocycles. The SMILES string of the molecule is C=N/C=N\N(c1cc([C@@H](COC(=O)NC(C)(C)C)N(C=N)C(=O)c2ccc(-c3cnn(C(F)F)c3)cc2)ccc1Cl)C(F)F.CC(C)(C)C.CNC. The van der Waals surface area contributed by atoms with Crippen LogP contribution in [-0.2, 0) is 4.74 Å². The van der Waals surface area contributed by atoms with Crippen LogP contribution in [0.3, 0.4) is 0 Å². The van der Waals surface area contributed by atoms with Crippen LogP contribution in [0.2, 0.25) is 5.02 Å². The molecule has 286 valence electrons. The Morgan fingerprint density at radius 2 is 1.62 bits per heavy atom. The van der Waals surface area contributed by atoms with Gasteiger partial charge >= 0.3 is 19.2 Å². The van der Waals surface area contributed by atoms with Crippen LogP contribution in [0.25, 0.3) is 11.1 Å². The lowest BCUT2D eigenvalue weighted by atomic mass is 10.0. The summed E-state index contributed by atoms with van der Waals surface area (Å²) >= 11 is 6.21. The average molecular weight is 754 g/mol. The maximum absolute atomic E-state index is 13.9. The second kappa shape index (κ2) is 20.9. The van der Waals surface area contributed by atoms with Crippen molar-refractivity contribution in [2.75, 3.05) is 25.7 Å². The number of alkyl halides is 4. The summed E-state index contributed by atoms with van der Waals surface area (Å²) in [5.41, 5.74) is 0.739. The second-order valence-electron chi connectivity index (χ2n) is 13.6. The number of hydrazone groups is 1. The summed E-state index contributed by atoms with van der Waals surface area (Å²) < 4.78 is 59.5. The van der Waals surface area contributed by atoms with E-state index in [1.54, 1.807) is 20.8 Å². The first-order valence-corrected chi connectivity index (χ1v) is 16.2. The Morgan fingerprint density at radius 1 is 1.04 bits per heavy atom. The average Bonchev–Trinajstić information content (AvgIpc) is 3.54. The van der Waals surface area contributed by atoms with E-state index in [0.717, 1.165) is 17.4 Å². The molecule has 0 fully saturated rings. The van der Waals surface area contributed by atoms with Crippen LogP contribution in [0.5, 0.6) is 0 Å². The van der Waals surface area contributed by atoms with Crippen molar-refractivity contribution in [1.29, 1.82) is 5.41 Å². The highest BCUT2D eigenvalue weighted by Crippen LogP contribution is 2.34. The van der Waals surface area contributed by atoms with Gasteiger partial charge in [-0.25, -0.2) is 14.5 Å². The molecule has 0 spiro atoms. The highest BCUT2D eigenvalue weighted by Gasteiger charge is 2.29. The summed E-state index contributed by atoms with van der Waals surface area (Å²) in [4.78, 5) is 30.4. The third-order valence-electron chi connectivity index (χ3n) is 5.87. The lowest BCUT2D eigenvalue weighted by Gasteiger charge is -2.30. The monoisotopic (exact) mass is 753 g/mol. The van der Waals surface area contributed by atoms with Crippen LogP contribution in [0, 0.1) is 10.8 Å². The topological polar surface area (TPSA) is 140 Å². The van der Waals surface area contributed by atoms with Gasteiger partial charge in [0.05, 0.1) is 29.3 Å². The third kappa shape index (κ3) is 15.6. The predicted octanol–water partition coefficient (Wildman–Crippen LogP) is 8.47. The molecule has 0 aliphatic rings. The van der Waals surface area contributed by atoms with Crippen molar-refractivity contribution in [2.24, 2.45) is 15.5 Å². The van der Waals surface area contributed by atoms with Gasteiger partial charge in [-0.05, 0) is 82.4 Å². The van der Waals surface area contributed by atoms with E-state index >= 15 is 0 Å². The maximum atomic E-state index is 13.9. The van der Waals surface area contributed by atoms with E-state index in [1.165, 1.54) is 48.7 Å². The number of carbonyl (C=O) groups excluding carboxylic acids is 2. The molecule has 0 saturated heterocycles. The van der Waals surface area contributed by atoms with E-state index < -0.39 is 43.3 Å². The van der Waals surface area contributed by atoms with Gasteiger partial charge in [0.2, 0.25) is 0 Å². The molecular weight excluding hydrogens is 706 g/mol. The lowest BCUT2D eigenvalue weighted by Crippen LogP contribution is -2.43. The largest absolute Gasteiger partial charge is 0.447 e. The van der Waals surface area contributed by atoms with Crippen LogP contribution in [0.4, 0.5) is 28.0 Å². The summed E-state index contributed by atoms with van der Waals surface area (Å²) in [6.45, 7) is 10.7. The lowest BCUT2D eigenvalue weighted by molar-refractivity contribution is 0.0566. The molecule has 17 heteroatoms. The van der Waals surface area contributed by atoms with Crippen molar-refractivity contribution < 1.29 is 31.9 Å². The molecule has 1 atom stereocenters. The Bertz CT molecular complexity index is 1620. The summed E-state index contributed by atoms with van der Waals surface area (Å²) in [7, 11) is 3.75. The number of aromatic nitrogens is 2. The number of amides is 2. The van der Waals surface area contributed by atoms with Crippen LogP contribution in [0.1, 0.15) is 77.0 Å². The number of nitrogens with one attached hydrogen (secondary N) is 3. The number of benzene rings is 2. The normalized spacial score (nSPS) is 11.9. The Balaban J connectivity index is 0.00000153. The molecule has 3 aromatic rings. The molecule has 3 rings (SSSR count). The van der Waals surface area contributed by atoms with Gasteiger partial charge in [-0.3, -0.25) is 20.1 Å². The molecular formula is C35H48ClF4N9O3. The Labute approximate surface area is 307 Å². The molecule has 3 N–H and O–H groups in total. The van der Waals surface area contributed by atoms with Crippen molar-refractivity contribution in [2.45, 2.75) is 73.1 Å². The molecule has 12 nitrogen and oxygen atoms in total. The van der Waals surface area contributed by atoms with Crippen molar-refractivity contribution in [3.63, 3.8) is 0 Å². The molecule has 1 heterocycles. The van der Waals surface area contributed by atoms with E-state index in [2.05, 4.69) is 60.2 Å². The minimum Gasteiger partial charge on any atom is -0.447 e. The van der Waals surface area contributed by atoms with Gasteiger partial charge < -0.3 is 15.4 Å². The molecule has 2 aromatic carbocycles. The number of halogens is 5. The summed E-state index contributed by atoms with van der Waals surface area (Å²) in [6.07, 6.45) is 3.08. The standard InChI is InChI=1S/C28H29ClF4N8O3.C5H12.C2H7N/c1-28(2,3)38-27(43)44-14-23(19-9-10-21(29)22(11-19)41(26(32)33)37-16-35-4)39(15-34)24(42)18-7-5-17(6-8-18)20-12-36-40(13-20)25(30)31;1-5(2,3)4;1-3-2/h5-13,15-16,23,25-26,34H,4,14H2,1-3H3,(H,38,43);1-4H3;3H,1-2H3/b34-15?,37-16-;;/t23-;;/m1../s1. The molecule has 0 unspecified atom stereocenters. The number of rotatable bonds is 12. The summed E-state index contributed by atoms with van der Waals surface area (Å²) in [5, 5.41) is 20.7. The first kappa shape index (κ1) is 45.2. The van der Waals surface area contributed by atoms with Crippen LogP contribution in [0.15, 0.2) is 65.0 Å². The molecule has 0 saturated carbocycles. The number of alkyl carbamates (subject to hydrolysis) is 1. The maximum Gasteiger partial charge on any atom is 0.407 e. The van der Waals surface area contributed by atoms with E-state index in [-0.39, 0.29) is 26.8 Å². The molecule has 0 aliphatic heterocycles. The first-order valence-electron chi connectivity index (χ1n) is 15.8. The van der Waals surface area contributed by atoms with Crippen molar-refractivity contribution in [3.05, 3.63) is 71.0 Å². The zero-order valence-corrected chi connectivity index (χ0v) is 31.6. The predicted molar refractivity (Wildman–Crippen MR) is 199 cm³/mol. The van der Waals surface area contributed by atoms with Gasteiger partial charge in [0.25, 0.3) is 5.91 Å². The minimum absolute atomic E-state index is 0.0905. The van der Waals surface area contributed by atoms with E-state index in [9.17, 15) is 27.2 Å². The highest BCUT2D eigenvalue weighted by atomic mass is 35.5. The molecule has 2 amide bonds. The minimum atomic E-state index is -3.14. The fourth-order valence-corrected chi connectivity index (χ4v) is 4.10. The van der Waals surface area contributed by atoms with Crippen molar-refractivity contribution >= 4 is 48.7 Å². The van der Waals surface area contributed by atoms with Gasteiger partial charge in [0.1, 0.15) is 12.9 Å². The fraction of sp³-hybridized carbons (Fsp3) is 0.429. The number of aliphatic imine (C=N–C) groups is 1. The zero-order chi connectivity index (χ0) is 39.8. The molecule has 0 radical (unpaired) electrons. The number of hydrogen-bond donors (Lipinski definition) is 3. The quantitative estimate of drug-likeness (QED) is 0.0558. The number of ether oxygens (including phenoxy) is 1. The smallest absolute Gasteiger partial charge is 0.407 e. The Kier molecular flexibility index (Phi) is 18.1. The first-order chi connectivity index (χ1) is 24.2. The highest BCUT2D eigenvalue weighted by molar-refractivity contribution is 6.33. The van der Waals surface area contributed by atoms with E-state index in [0.29, 0.717) is 27.6 Å². The van der Waals surface area contributed by atoms with Gasteiger partial charge in [0, 0.05) is 22.9 Å². The second-order valence-corrected chi connectivity index (χ2v) is 14.0. The summed E-state index contributed by atoms with van der Waals surface area (Å²) in [6, 6.07) is 8.61. The summed E-state index contributed by atoms with van der Waals surface area (Å²) in [5.74, 6) is -0.712. The molecule has 0 bridgehead atoms. The molecule has 52 heavy (non-hydrogen) atoms.